The zero-order valence-electron chi connectivity index (χ0n) is 7.50. The number of aliphatic hydroxyl groups excluding tert-OH is 1. The fourth-order valence-electron chi connectivity index (χ4n) is 1.01. The van der Waals surface area contributed by atoms with Crippen molar-refractivity contribution in [3.63, 3.8) is 0 Å². The lowest BCUT2D eigenvalue weighted by Gasteiger charge is -2.02. The zero-order chi connectivity index (χ0) is 10.9. The van der Waals surface area contributed by atoms with E-state index >= 15 is 0 Å². The van der Waals surface area contributed by atoms with Gasteiger partial charge in [-0.3, -0.25) is 9.59 Å². The molecule has 0 unspecified atom stereocenters. The molecule has 0 aromatic carbocycles. The highest BCUT2D eigenvalue weighted by atomic mass is 16.3. The van der Waals surface area contributed by atoms with Gasteiger partial charge in [-0.1, -0.05) is 6.58 Å². The Morgan fingerprint density at radius 3 is 2.57 bits per heavy atom. The predicted molar refractivity (Wildman–Crippen MR) is 49.8 cm³/mol. The van der Waals surface area contributed by atoms with Crippen molar-refractivity contribution >= 4 is 11.7 Å². The van der Waals surface area contributed by atoms with Crippen LogP contribution in [-0.2, 0) is 0 Å². The van der Waals surface area contributed by atoms with Gasteiger partial charge in [0.15, 0.2) is 11.6 Å². The number of primary amides is 1. The molecule has 0 fully saturated rings. The van der Waals surface area contributed by atoms with E-state index in [1.807, 2.05) is 0 Å². The van der Waals surface area contributed by atoms with Crippen molar-refractivity contribution in [1.29, 1.82) is 0 Å². The number of aromatic nitrogens is 2. The van der Waals surface area contributed by atoms with E-state index < -0.39 is 11.5 Å². The van der Waals surface area contributed by atoms with E-state index in [0.717, 1.165) is 0 Å². The zero-order valence-corrected chi connectivity index (χ0v) is 7.50. The van der Waals surface area contributed by atoms with Crippen molar-refractivity contribution in [2.45, 2.75) is 6.92 Å². The number of aromatic amines is 1. The fraction of sp³-hybridized carbons (Fsp3) is 0.125. The van der Waals surface area contributed by atoms with Crippen LogP contribution >= 0.6 is 0 Å². The molecule has 0 saturated heterocycles. The van der Waals surface area contributed by atoms with Gasteiger partial charge in [0.05, 0.1) is 5.69 Å². The normalized spacial score (nSPS) is 9.79. The topological polar surface area (TPSA) is 109 Å². The van der Waals surface area contributed by atoms with Crippen LogP contribution in [0.15, 0.2) is 11.4 Å². The van der Waals surface area contributed by atoms with E-state index in [-0.39, 0.29) is 22.8 Å². The van der Waals surface area contributed by atoms with E-state index in [2.05, 4.69) is 16.5 Å². The standard InChI is InChI=1S/C8H9N3O3/c1-3-5(6(9)13)8(14)11-7(10-3)4(2)12/h12H,2H2,1H3,(H2,9,13)(H,10,11,14). The predicted octanol–water partition coefficient (Wildman–Crippen LogP) is -0.294. The summed E-state index contributed by atoms with van der Waals surface area (Å²) in [6.07, 6.45) is 0. The van der Waals surface area contributed by atoms with Crippen LogP contribution in [0.25, 0.3) is 5.76 Å². The maximum Gasteiger partial charge on any atom is 0.264 e. The molecule has 0 saturated carbocycles. The van der Waals surface area contributed by atoms with Gasteiger partial charge in [0, 0.05) is 0 Å². The van der Waals surface area contributed by atoms with Crippen molar-refractivity contribution in [2.24, 2.45) is 5.73 Å². The number of aryl methyl sites for hydroxylation is 1. The van der Waals surface area contributed by atoms with Crippen molar-refractivity contribution < 1.29 is 9.90 Å². The summed E-state index contributed by atoms with van der Waals surface area (Å²) >= 11 is 0. The van der Waals surface area contributed by atoms with Gasteiger partial charge in [0.2, 0.25) is 0 Å². The molecule has 0 spiro atoms. The van der Waals surface area contributed by atoms with Crippen molar-refractivity contribution in [3.8, 4) is 0 Å². The summed E-state index contributed by atoms with van der Waals surface area (Å²) in [7, 11) is 0. The summed E-state index contributed by atoms with van der Waals surface area (Å²) in [5, 5.41) is 8.96. The molecule has 1 rings (SSSR count). The number of nitrogens with zero attached hydrogens (tertiary/aromatic N) is 1. The summed E-state index contributed by atoms with van der Waals surface area (Å²) < 4.78 is 0. The first kappa shape index (κ1) is 9.97. The van der Waals surface area contributed by atoms with E-state index in [4.69, 9.17) is 10.8 Å². The molecule has 0 bridgehead atoms. The molecule has 0 aliphatic carbocycles. The third-order valence-electron chi connectivity index (χ3n) is 1.62. The van der Waals surface area contributed by atoms with E-state index in [0.29, 0.717) is 0 Å². The van der Waals surface area contributed by atoms with Crippen LogP contribution in [0.2, 0.25) is 0 Å². The maximum absolute atomic E-state index is 11.3. The van der Waals surface area contributed by atoms with Gasteiger partial charge in [-0.15, -0.1) is 0 Å². The molecule has 4 N–H and O–H groups in total. The molecule has 6 nitrogen and oxygen atoms in total. The number of hydrogen-bond donors (Lipinski definition) is 3. The maximum atomic E-state index is 11.3. The Morgan fingerprint density at radius 1 is 1.64 bits per heavy atom. The largest absolute Gasteiger partial charge is 0.505 e. The molecular weight excluding hydrogens is 186 g/mol. The second-order valence-electron chi connectivity index (χ2n) is 2.69. The number of H-pyrrole nitrogens is 1. The van der Waals surface area contributed by atoms with Crippen LogP contribution in [0.5, 0.6) is 0 Å². The first-order valence-electron chi connectivity index (χ1n) is 3.72. The number of rotatable bonds is 2. The first-order chi connectivity index (χ1) is 6.43. The Kier molecular flexibility index (Phi) is 2.37. The van der Waals surface area contributed by atoms with Crippen molar-refractivity contribution in [3.05, 3.63) is 34.0 Å². The Morgan fingerprint density at radius 2 is 2.21 bits per heavy atom. The Balaban J connectivity index is 3.48. The second-order valence-corrected chi connectivity index (χ2v) is 2.69. The molecule has 0 radical (unpaired) electrons. The number of nitrogens with one attached hydrogen (secondary N) is 1. The molecular formula is C8H9N3O3. The van der Waals surface area contributed by atoms with Gasteiger partial charge < -0.3 is 15.8 Å². The highest BCUT2D eigenvalue weighted by Gasteiger charge is 2.13. The van der Waals surface area contributed by atoms with Gasteiger partial charge in [-0.25, -0.2) is 4.98 Å². The number of hydrogen-bond acceptors (Lipinski definition) is 4. The molecule has 6 heteroatoms. The average molecular weight is 195 g/mol. The molecule has 1 amide bonds. The number of aliphatic hydroxyl groups is 1. The lowest BCUT2D eigenvalue weighted by Crippen LogP contribution is -2.27. The minimum atomic E-state index is -0.855. The lowest BCUT2D eigenvalue weighted by atomic mass is 10.2. The Hall–Kier alpha value is -2.11. The van der Waals surface area contributed by atoms with Crippen LogP contribution in [0.3, 0.4) is 0 Å². The van der Waals surface area contributed by atoms with Crippen LogP contribution in [0, 0.1) is 6.92 Å². The van der Waals surface area contributed by atoms with Gasteiger partial charge in [0.25, 0.3) is 11.5 Å². The van der Waals surface area contributed by atoms with Gasteiger partial charge >= 0.3 is 0 Å². The first-order valence-corrected chi connectivity index (χ1v) is 3.72. The smallest absolute Gasteiger partial charge is 0.264 e. The van der Waals surface area contributed by atoms with Gasteiger partial charge in [-0.05, 0) is 6.92 Å². The highest BCUT2D eigenvalue weighted by Crippen LogP contribution is 2.03. The van der Waals surface area contributed by atoms with E-state index in [1.54, 1.807) is 0 Å². The second kappa shape index (κ2) is 3.33. The lowest BCUT2D eigenvalue weighted by molar-refractivity contribution is 0.0997. The third-order valence-corrected chi connectivity index (χ3v) is 1.62. The number of amides is 1. The van der Waals surface area contributed by atoms with Crippen LogP contribution < -0.4 is 11.3 Å². The van der Waals surface area contributed by atoms with Crippen molar-refractivity contribution in [2.75, 3.05) is 0 Å². The molecule has 0 atom stereocenters. The molecule has 1 aromatic heterocycles. The highest BCUT2D eigenvalue weighted by molar-refractivity contribution is 5.93. The summed E-state index contributed by atoms with van der Waals surface area (Å²) in [6.45, 7) is 4.64. The summed E-state index contributed by atoms with van der Waals surface area (Å²) in [4.78, 5) is 28.0. The number of carbonyl (C=O) groups is 1. The number of nitrogens with two attached hydrogens (primary N) is 1. The van der Waals surface area contributed by atoms with Crippen LogP contribution in [-0.4, -0.2) is 21.0 Å². The molecule has 0 aliphatic rings. The molecule has 1 aromatic rings. The minimum Gasteiger partial charge on any atom is -0.505 e. The summed E-state index contributed by atoms with van der Waals surface area (Å²) in [6, 6.07) is 0. The SMILES string of the molecule is C=C(O)c1nc(C)c(C(N)=O)c(=O)[nH]1. The minimum absolute atomic E-state index is 0.0718. The third kappa shape index (κ3) is 1.63. The Labute approximate surface area is 79.1 Å². The monoisotopic (exact) mass is 195 g/mol. The average Bonchev–Trinajstić information content (AvgIpc) is 2.01. The molecule has 1 heterocycles. The van der Waals surface area contributed by atoms with Crippen LogP contribution in [0.4, 0.5) is 0 Å². The molecule has 0 aliphatic heterocycles. The number of carbonyl (C=O) groups excluding carboxylic acids is 1. The van der Waals surface area contributed by atoms with Crippen molar-refractivity contribution in [1.82, 2.24) is 9.97 Å². The Bertz CT molecular complexity index is 461. The summed E-state index contributed by atoms with van der Waals surface area (Å²) in [5.74, 6) is -1.30. The quantitative estimate of drug-likeness (QED) is 0.563. The van der Waals surface area contributed by atoms with Crippen LogP contribution in [0.1, 0.15) is 21.9 Å². The van der Waals surface area contributed by atoms with Gasteiger partial charge in [-0.2, -0.15) is 0 Å². The molecule has 74 valence electrons. The fourth-order valence-corrected chi connectivity index (χ4v) is 1.01. The summed E-state index contributed by atoms with van der Waals surface area (Å²) in [5.41, 5.74) is 4.22. The van der Waals surface area contributed by atoms with E-state index in [9.17, 15) is 9.59 Å². The van der Waals surface area contributed by atoms with Gasteiger partial charge in [0.1, 0.15) is 5.56 Å². The van der Waals surface area contributed by atoms with E-state index in [1.165, 1.54) is 6.92 Å². The molecule has 14 heavy (non-hydrogen) atoms.